The third-order valence-corrected chi connectivity index (χ3v) is 4.81. The largest absolute Gasteiger partial charge is 0.439 e. The molecule has 2 heterocycles. The first kappa shape index (κ1) is 17.0. The van der Waals surface area contributed by atoms with E-state index in [9.17, 15) is 9.59 Å². The van der Waals surface area contributed by atoms with Gasteiger partial charge in [-0.15, -0.1) is 0 Å². The van der Waals surface area contributed by atoms with Crippen LogP contribution < -0.4 is 5.32 Å². The van der Waals surface area contributed by atoms with Crippen LogP contribution in [-0.4, -0.2) is 21.8 Å². The fraction of sp³-hybridized carbons (Fsp3) is 0.190. The molecule has 3 aromatic rings. The number of urea groups is 1. The number of amides is 3. The number of carbonyl (C=O) groups is 2. The minimum Gasteiger partial charge on any atom is -0.439 e. The summed E-state index contributed by atoms with van der Waals surface area (Å²) >= 11 is 0. The monoisotopic (exact) mass is 361 g/mol. The van der Waals surface area contributed by atoms with Crippen LogP contribution in [0.5, 0.6) is 0 Å². The quantitative estimate of drug-likeness (QED) is 0.720. The topological polar surface area (TPSA) is 75.4 Å². The van der Waals surface area contributed by atoms with Gasteiger partial charge in [-0.25, -0.2) is 9.78 Å². The van der Waals surface area contributed by atoms with Crippen molar-refractivity contribution in [3.63, 3.8) is 0 Å². The van der Waals surface area contributed by atoms with Gasteiger partial charge in [-0.2, -0.15) is 0 Å². The third-order valence-electron chi connectivity index (χ3n) is 4.81. The maximum absolute atomic E-state index is 13.0. The zero-order valence-corrected chi connectivity index (χ0v) is 15.1. The molecule has 6 heteroatoms. The van der Waals surface area contributed by atoms with Crippen LogP contribution in [0.2, 0.25) is 0 Å². The van der Waals surface area contributed by atoms with Crippen molar-refractivity contribution >= 4 is 11.9 Å². The summed E-state index contributed by atoms with van der Waals surface area (Å²) in [5.41, 5.74) is 1.62. The molecule has 6 nitrogen and oxygen atoms in total. The average molecular weight is 361 g/mol. The molecule has 27 heavy (non-hydrogen) atoms. The predicted octanol–water partition coefficient (Wildman–Crippen LogP) is 3.62. The molecular formula is C21H19N3O3. The predicted molar refractivity (Wildman–Crippen MR) is 99.6 cm³/mol. The van der Waals surface area contributed by atoms with Gasteiger partial charge < -0.3 is 9.73 Å². The zero-order chi connectivity index (χ0) is 19.0. The number of rotatable bonds is 4. The van der Waals surface area contributed by atoms with Crippen LogP contribution in [0, 0.1) is 6.92 Å². The maximum atomic E-state index is 13.0. The number of benzene rings is 2. The summed E-state index contributed by atoms with van der Waals surface area (Å²) < 4.78 is 5.73. The number of aryl methyl sites for hydroxylation is 1. The van der Waals surface area contributed by atoms with Gasteiger partial charge in [-0.1, -0.05) is 60.2 Å². The second-order valence-corrected chi connectivity index (χ2v) is 6.80. The number of aromatic nitrogens is 1. The van der Waals surface area contributed by atoms with Crippen LogP contribution in [0.3, 0.4) is 0 Å². The molecule has 0 unspecified atom stereocenters. The number of imide groups is 1. The molecule has 3 amide bonds. The van der Waals surface area contributed by atoms with E-state index in [0.29, 0.717) is 11.7 Å². The smallest absolute Gasteiger partial charge is 0.325 e. The highest BCUT2D eigenvalue weighted by Gasteiger charge is 2.49. The van der Waals surface area contributed by atoms with E-state index in [1.165, 1.54) is 0 Å². The lowest BCUT2D eigenvalue weighted by Crippen LogP contribution is -2.40. The van der Waals surface area contributed by atoms with E-state index in [-0.39, 0.29) is 12.5 Å². The van der Waals surface area contributed by atoms with Crippen molar-refractivity contribution < 1.29 is 14.0 Å². The second kappa shape index (κ2) is 6.39. The number of hydrogen-bond acceptors (Lipinski definition) is 4. The molecule has 4 rings (SSSR count). The van der Waals surface area contributed by atoms with Gasteiger partial charge in [0.05, 0.1) is 6.20 Å². The Morgan fingerprint density at radius 1 is 1.07 bits per heavy atom. The fourth-order valence-electron chi connectivity index (χ4n) is 3.18. The minimum absolute atomic E-state index is 0.0149. The van der Waals surface area contributed by atoms with Crippen molar-refractivity contribution in [2.75, 3.05) is 0 Å². The highest BCUT2D eigenvalue weighted by Crippen LogP contribution is 2.30. The van der Waals surface area contributed by atoms with E-state index >= 15 is 0 Å². The van der Waals surface area contributed by atoms with Crippen LogP contribution in [-0.2, 0) is 16.9 Å². The van der Waals surface area contributed by atoms with E-state index in [4.69, 9.17) is 4.42 Å². The Morgan fingerprint density at radius 2 is 1.78 bits per heavy atom. The maximum Gasteiger partial charge on any atom is 0.325 e. The Hall–Kier alpha value is -3.41. The first-order valence-electron chi connectivity index (χ1n) is 8.69. The molecule has 1 fully saturated rings. The lowest BCUT2D eigenvalue weighted by atomic mass is 9.91. The summed E-state index contributed by atoms with van der Waals surface area (Å²) in [5, 5.41) is 2.79. The fourth-order valence-corrected chi connectivity index (χ4v) is 3.18. The lowest BCUT2D eigenvalue weighted by molar-refractivity contribution is -0.131. The van der Waals surface area contributed by atoms with Crippen LogP contribution in [0.25, 0.3) is 11.3 Å². The number of oxazole rings is 1. The number of carbonyl (C=O) groups excluding carboxylic acids is 2. The van der Waals surface area contributed by atoms with Gasteiger partial charge in [0.25, 0.3) is 5.91 Å². The van der Waals surface area contributed by atoms with Crippen molar-refractivity contribution in [3.8, 4) is 11.3 Å². The summed E-state index contributed by atoms with van der Waals surface area (Å²) in [6.07, 6.45) is 1.60. The molecule has 136 valence electrons. The molecule has 1 aliphatic heterocycles. The Labute approximate surface area is 156 Å². The molecule has 2 aromatic carbocycles. The van der Waals surface area contributed by atoms with Crippen LogP contribution in [0.15, 0.2) is 65.2 Å². The Kier molecular flexibility index (Phi) is 4.03. The number of hydrogen-bond donors (Lipinski definition) is 1. The third kappa shape index (κ3) is 2.99. The van der Waals surface area contributed by atoms with Crippen molar-refractivity contribution in [1.29, 1.82) is 0 Å². The first-order chi connectivity index (χ1) is 13.0. The van der Waals surface area contributed by atoms with Crippen molar-refractivity contribution in [3.05, 3.63) is 77.8 Å². The van der Waals surface area contributed by atoms with Gasteiger partial charge in [0.15, 0.2) is 5.76 Å². The standard InChI is InChI=1S/C21H19N3O3/c1-14-8-10-16(11-9-14)21(2)19(25)24(20(26)23-21)13-18-22-12-17(27-18)15-6-4-3-5-7-15/h3-12H,13H2,1-2H3,(H,23,26)/t21-/m0/s1. The highest BCUT2D eigenvalue weighted by molar-refractivity contribution is 6.07. The summed E-state index contributed by atoms with van der Waals surface area (Å²) in [6, 6.07) is 16.6. The SMILES string of the molecule is Cc1ccc([C@]2(C)NC(=O)N(Cc3ncc(-c4ccccc4)o3)C2=O)cc1. The number of nitrogens with one attached hydrogen (secondary N) is 1. The molecule has 1 saturated heterocycles. The molecule has 1 atom stereocenters. The van der Waals surface area contributed by atoms with E-state index in [0.717, 1.165) is 21.6 Å². The normalized spacial score (nSPS) is 19.4. The number of nitrogens with zero attached hydrogens (tertiary/aromatic N) is 2. The molecule has 0 bridgehead atoms. The minimum atomic E-state index is -1.10. The summed E-state index contributed by atoms with van der Waals surface area (Å²) in [4.78, 5) is 30.8. The van der Waals surface area contributed by atoms with Gasteiger partial charge in [0.2, 0.25) is 5.89 Å². The molecule has 1 N–H and O–H groups in total. The van der Waals surface area contributed by atoms with Gasteiger partial charge in [-0.05, 0) is 19.4 Å². The zero-order valence-electron chi connectivity index (χ0n) is 15.1. The molecule has 0 radical (unpaired) electrons. The van der Waals surface area contributed by atoms with Crippen molar-refractivity contribution in [2.24, 2.45) is 0 Å². The highest BCUT2D eigenvalue weighted by atomic mass is 16.4. The summed E-state index contributed by atoms with van der Waals surface area (Å²) in [6.45, 7) is 3.67. The second-order valence-electron chi connectivity index (χ2n) is 6.80. The molecule has 1 aromatic heterocycles. The summed E-state index contributed by atoms with van der Waals surface area (Å²) in [7, 11) is 0. The molecule has 0 spiro atoms. The summed E-state index contributed by atoms with van der Waals surface area (Å²) in [5.74, 6) is 0.584. The van der Waals surface area contributed by atoms with E-state index in [2.05, 4.69) is 10.3 Å². The molecule has 0 saturated carbocycles. The Bertz CT molecular complexity index is 995. The molecular weight excluding hydrogens is 342 g/mol. The van der Waals surface area contributed by atoms with Crippen molar-refractivity contribution in [1.82, 2.24) is 15.2 Å². The molecule has 0 aliphatic carbocycles. The van der Waals surface area contributed by atoms with Crippen LogP contribution >= 0.6 is 0 Å². The Balaban J connectivity index is 1.56. The van der Waals surface area contributed by atoms with Gasteiger partial charge in [-0.3, -0.25) is 9.69 Å². The van der Waals surface area contributed by atoms with Gasteiger partial charge in [0, 0.05) is 5.56 Å². The lowest BCUT2D eigenvalue weighted by Gasteiger charge is -2.22. The van der Waals surface area contributed by atoms with E-state index < -0.39 is 11.6 Å². The van der Waals surface area contributed by atoms with Crippen molar-refractivity contribution in [2.45, 2.75) is 25.9 Å². The first-order valence-corrected chi connectivity index (χ1v) is 8.69. The Morgan fingerprint density at radius 3 is 2.48 bits per heavy atom. The van der Waals surface area contributed by atoms with Crippen LogP contribution in [0.4, 0.5) is 4.79 Å². The molecule has 1 aliphatic rings. The van der Waals surface area contributed by atoms with E-state index in [1.807, 2.05) is 61.5 Å². The van der Waals surface area contributed by atoms with Gasteiger partial charge in [0.1, 0.15) is 12.1 Å². The van der Waals surface area contributed by atoms with Gasteiger partial charge >= 0.3 is 6.03 Å². The van der Waals surface area contributed by atoms with E-state index in [1.54, 1.807) is 13.1 Å². The average Bonchev–Trinajstić information content (AvgIpc) is 3.22. The van der Waals surface area contributed by atoms with Crippen LogP contribution in [0.1, 0.15) is 23.9 Å².